The summed E-state index contributed by atoms with van der Waals surface area (Å²) < 4.78 is 27.3. The minimum atomic E-state index is -3.97. The maximum Gasteiger partial charge on any atom is 0.259 e. The molecule has 0 saturated heterocycles. The molecular weight excluding hydrogens is 460 g/mol. The quantitative estimate of drug-likeness (QED) is 0.557. The van der Waals surface area contributed by atoms with Crippen LogP contribution in [0.4, 0.5) is 5.69 Å². The molecule has 0 spiro atoms. The van der Waals surface area contributed by atoms with Crippen molar-refractivity contribution in [3.63, 3.8) is 0 Å². The largest absolute Gasteiger partial charge is 0.349 e. The normalized spacial score (nSPS) is 17.3. The number of aryl methyl sites for hydroxylation is 1. The van der Waals surface area contributed by atoms with Crippen LogP contribution in [0.2, 0.25) is 0 Å². The molecule has 1 fully saturated rings. The van der Waals surface area contributed by atoms with Gasteiger partial charge in [0.05, 0.1) is 27.6 Å². The fourth-order valence-electron chi connectivity index (χ4n) is 5.01. The molecule has 2 aliphatic rings. The summed E-state index contributed by atoms with van der Waals surface area (Å²) in [7, 11) is -3.97. The van der Waals surface area contributed by atoms with Gasteiger partial charge in [0.1, 0.15) is 0 Å². The summed E-state index contributed by atoms with van der Waals surface area (Å²) in [5, 5.41) is 3.09. The van der Waals surface area contributed by atoms with Gasteiger partial charge in [0.2, 0.25) is 9.84 Å². The number of hydrogen-bond donors (Lipinski definition) is 1. The van der Waals surface area contributed by atoms with E-state index in [9.17, 15) is 18.0 Å². The Morgan fingerprint density at radius 2 is 1.71 bits per heavy atom. The predicted molar refractivity (Wildman–Crippen MR) is 134 cm³/mol. The highest BCUT2D eigenvalue weighted by Gasteiger charge is 2.36. The van der Waals surface area contributed by atoms with Gasteiger partial charge in [0.25, 0.3) is 11.8 Å². The SMILES string of the molecule is Cc1cccc(CN2C(=O)c3ccccc3S(=O)(=O)c3ccc(C(=O)NC4CCCCC4)cc32)c1. The molecule has 1 N–H and O–H groups in total. The Bertz CT molecular complexity index is 1410. The Balaban J connectivity index is 1.61. The third-order valence-electron chi connectivity index (χ3n) is 6.82. The molecule has 1 aliphatic heterocycles. The lowest BCUT2D eigenvalue weighted by molar-refractivity contribution is 0.0925. The average Bonchev–Trinajstić information content (AvgIpc) is 2.93. The Hall–Kier alpha value is -3.45. The lowest BCUT2D eigenvalue weighted by Crippen LogP contribution is -2.36. The maximum absolute atomic E-state index is 13.7. The van der Waals surface area contributed by atoms with E-state index < -0.39 is 15.7 Å². The number of fused-ring (bicyclic) bond motifs is 2. The van der Waals surface area contributed by atoms with E-state index >= 15 is 0 Å². The zero-order chi connectivity index (χ0) is 24.6. The van der Waals surface area contributed by atoms with Crippen LogP contribution in [0.25, 0.3) is 0 Å². The monoisotopic (exact) mass is 488 g/mol. The molecule has 180 valence electrons. The maximum atomic E-state index is 13.7. The molecule has 2 amide bonds. The minimum absolute atomic E-state index is 0.0163. The van der Waals surface area contributed by atoms with E-state index in [1.165, 1.54) is 29.5 Å². The van der Waals surface area contributed by atoms with Crippen LogP contribution >= 0.6 is 0 Å². The van der Waals surface area contributed by atoms with Gasteiger partial charge in [-0.05, 0) is 55.7 Å². The smallest absolute Gasteiger partial charge is 0.259 e. The Kier molecular flexibility index (Phi) is 6.19. The summed E-state index contributed by atoms with van der Waals surface area (Å²) in [6, 6.07) is 18.7. The van der Waals surface area contributed by atoms with Gasteiger partial charge in [-0.1, -0.05) is 61.2 Å². The fraction of sp³-hybridized carbons (Fsp3) is 0.286. The summed E-state index contributed by atoms with van der Waals surface area (Å²) in [6.07, 6.45) is 5.24. The first-order chi connectivity index (χ1) is 16.8. The number of nitrogens with one attached hydrogen (secondary N) is 1. The number of rotatable bonds is 4. The van der Waals surface area contributed by atoms with E-state index in [2.05, 4.69) is 5.32 Å². The van der Waals surface area contributed by atoms with Crippen molar-refractivity contribution < 1.29 is 18.0 Å². The van der Waals surface area contributed by atoms with Gasteiger partial charge in [0.15, 0.2) is 0 Å². The van der Waals surface area contributed by atoms with Gasteiger partial charge in [-0.15, -0.1) is 0 Å². The van der Waals surface area contributed by atoms with Crippen molar-refractivity contribution in [2.24, 2.45) is 0 Å². The molecule has 1 aliphatic carbocycles. The van der Waals surface area contributed by atoms with E-state index in [1.54, 1.807) is 24.3 Å². The molecule has 0 radical (unpaired) electrons. The highest BCUT2D eigenvalue weighted by Crippen LogP contribution is 2.38. The number of anilines is 1. The third kappa shape index (κ3) is 4.48. The molecule has 3 aromatic carbocycles. The highest BCUT2D eigenvalue weighted by molar-refractivity contribution is 7.91. The molecular formula is C28H28N2O4S. The molecule has 0 aromatic heterocycles. The number of sulfone groups is 1. The predicted octanol–water partition coefficient (Wildman–Crippen LogP) is 5.05. The molecule has 3 aromatic rings. The van der Waals surface area contributed by atoms with E-state index in [-0.39, 0.29) is 39.5 Å². The average molecular weight is 489 g/mol. The fourth-order valence-corrected chi connectivity index (χ4v) is 6.64. The summed E-state index contributed by atoms with van der Waals surface area (Å²) >= 11 is 0. The van der Waals surface area contributed by atoms with Crippen LogP contribution in [0, 0.1) is 6.92 Å². The molecule has 0 atom stereocenters. The number of carbonyl (C=O) groups is 2. The van der Waals surface area contributed by atoms with Gasteiger partial charge >= 0.3 is 0 Å². The molecule has 1 heterocycles. The van der Waals surface area contributed by atoms with Gasteiger partial charge in [-0.2, -0.15) is 0 Å². The second-order valence-electron chi connectivity index (χ2n) is 9.37. The Labute approximate surface area is 205 Å². The van der Waals surface area contributed by atoms with Crippen molar-refractivity contribution in [3.05, 3.63) is 89.0 Å². The van der Waals surface area contributed by atoms with Crippen molar-refractivity contribution in [2.75, 3.05) is 4.90 Å². The van der Waals surface area contributed by atoms with Gasteiger partial charge < -0.3 is 10.2 Å². The van der Waals surface area contributed by atoms with E-state index in [0.717, 1.165) is 36.8 Å². The topological polar surface area (TPSA) is 83.6 Å². The van der Waals surface area contributed by atoms with Gasteiger partial charge in [0, 0.05) is 11.6 Å². The van der Waals surface area contributed by atoms with E-state index in [4.69, 9.17) is 0 Å². The van der Waals surface area contributed by atoms with Crippen LogP contribution in [0.5, 0.6) is 0 Å². The van der Waals surface area contributed by atoms with Crippen LogP contribution in [-0.2, 0) is 16.4 Å². The van der Waals surface area contributed by atoms with E-state index in [0.29, 0.717) is 5.56 Å². The highest BCUT2D eigenvalue weighted by atomic mass is 32.2. The zero-order valence-corrected chi connectivity index (χ0v) is 20.5. The van der Waals surface area contributed by atoms with Gasteiger partial charge in [-0.3, -0.25) is 9.59 Å². The molecule has 6 nitrogen and oxygen atoms in total. The first kappa shape index (κ1) is 23.3. The van der Waals surface area contributed by atoms with Crippen LogP contribution in [-0.4, -0.2) is 26.3 Å². The number of nitrogens with zero attached hydrogens (tertiary/aromatic N) is 1. The lowest BCUT2D eigenvalue weighted by atomic mass is 9.95. The van der Waals surface area contributed by atoms with E-state index in [1.807, 2.05) is 31.2 Å². The minimum Gasteiger partial charge on any atom is -0.349 e. The lowest BCUT2D eigenvalue weighted by Gasteiger charge is -2.25. The van der Waals surface area contributed by atoms with Crippen LogP contribution in [0.1, 0.15) is 63.9 Å². The van der Waals surface area contributed by atoms with Crippen molar-refractivity contribution in [2.45, 2.75) is 61.4 Å². The van der Waals surface area contributed by atoms with Crippen molar-refractivity contribution in [1.82, 2.24) is 5.32 Å². The standard InChI is InChI=1S/C28H28N2O4S/c1-19-8-7-9-20(16-19)18-30-24-17-21(27(31)29-22-10-3-2-4-11-22)14-15-26(24)35(33,34)25-13-6-5-12-23(25)28(30)32/h5-9,12-17,22H,2-4,10-11,18H2,1H3,(H,29,31). The van der Waals surface area contributed by atoms with Crippen molar-refractivity contribution >= 4 is 27.3 Å². The first-order valence-corrected chi connectivity index (χ1v) is 13.5. The summed E-state index contributed by atoms with van der Waals surface area (Å²) in [5.74, 6) is -0.656. The molecule has 0 bridgehead atoms. The summed E-state index contributed by atoms with van der Waals surface area (Å²) in [6.45, 7) is 2.15. The molecule has 1 saturated carbocycles. The Morgan fingerprint density at radius 3 is 2.49 bits per heavy atom. The van der Waals surface area contributed by atoms with Crippen molar-refractivity contribution in [3.8, 4) is 0 Å². The van der Waals surface area contributed by atoms with Gasteiger partial charge in [-0.25, -0.2) is 8.42 Å². The molecule has 35 heavy (non-hydrogen) atoms. The number of carbonyl (C=O) groups excluding carboxylic acids is 2. The number of hydrogen-bond acceptors (Lipinski definition) is 4. The van der Waals surface area contributed by atoms with Crippen LogP contribution < -0.4 is 10.2 Å². The Morgan fingerprint density at radius 1 is 0.943 bits per heavy atom. The second-order valence-corrected chi connectivity index (χ2v) is 11.3. The number of benzene rings is 3. The van der Waals surface area contributed by atoms with Crippen LogP contribution in [0.3, 0.4) is 0 Å². The third-order valence-corrected chi connectivity index (χ3v) is 8.68. The zero-order valence-electron chi connectivity index (χ0n) is 19.7. The summed E-state index contributed by atoms with van der Waals surface area (Å²) in [4.78, 5) is 28.3. The molecule has 7 heteroatoms. The molecule has 0 unspecified atom stereocenters. The van der Waals surface area contributed by atoms with Crippen molar-refractivity contribution in [1.29, 1.82) is 0 Å². The molecule has 5 rings (SSSR count). The van der Waals surface area contributed by atoms with Crippen LogP contribution in [0.15, 0.2) is 76.5 Å². The summed E-state index contributed by atoms with van der Waals surface area (Å²) in [5.41, 5.74) is 2.61. The first-order valence-electron chi connectivity index (χ1n) is 12.0. The number of amides is 2. The second kappa shape index (κ2) is 9.30.